The second-order valence-corrected chi connectivity index (χ2v) is 11.7. The molecule has 0 aromatic carbocycles. The molecule has 0 aliphatic carbocycles. The number of ether oxygens (including phenoxy) is 6. The number of nitrogens with zero attached hydrogens (tertiary/aromatic N) is 2. The Kier molecular flexibility index (Phi) is 21.1. The van der Waals surface area contributed by atoms with Gasteiger partial charge in [-0.3, -0.25) is 38.6 Å². The second-order valence-electron chi connectivity index (χ2n) is 11.7. The maximum Gasteiger partial charge on any atom is 0.307 e. The predicted octanol–water partition coefficient (Wildman–Crippen LogP) is 1.13. The topological polar surface area (TPSA) is 205 Å². The maximum absolute atomic E-state index is 12.3. The van der Waals surface area contributed by atoms with E-state index < -0.39 is 48.6 Å². The number of hydrogen-bond donors (Lipinski definition) is 2. The number of rotatable bonds is 25. The van der Waals surface area contributed by atoms with Gasteiger partial charge in [-0.2, -0.15) is 0 Å². The van der Waals surface area contributed by atoms with Crippen LogP contribution >= 0.6 is 0 Å². The number of carboxylic acid groups (broad SMARTS) is 2. The number of hydrogen-bond acceptors (Lipinski definition) is 14. The minimum absolute atomic E-state index is 0.0246. The Morgan fingerprint density at radius 3 is 1.21 bits per heavy atom. The Hall–Kier alpha value is -3.34. The average molecular weight is 689 g/mol. The molecule has 2 atom stereocenters. The van der Waals surface area contributed by atoms with Crippen LogP contribution in [0.25, 0.3) is 0 Å². The van der Waals surface area contributed by atoms with Gasteiger partial charge in [0.25, 0.3) is 0 Å². The summed E-state index contributed by atoms with van der Waals surface area (Å²) in [4.78, 5) is 76.3. The third kappa shape index (κ3) is 18.9. The Morgan fingerprint density at radius 1 is 0.500 bits per heavy atom. The highest BCUT2D eigenvalue weighted by Gasteiger charge is 2.38. The van der Waals surface area contributed by atoms with Gasteiger partial charge in [0.05, 0.1) is 64.3 Å². The minimum atomic E-state index is -1.69. The lowest BCUT2D eigenvalue weighted by Gasteiger charge is -2.26. The summed E-state index contributed by atoms with van der Waals surface area (Å²) >= 11 is 0. The number of carboxylic acids is 2. The van der Waals surface area contributed by atoms with E-state index in [0.29, 0.717) is 91.3 Å². The van der Waals surface area contributed by atoms with Crippen molar-refractivity contribution in [3.8, 4) is 0 Å². The standard InChI is InChI=1S/C32H52N2O14/c35-27(47-21-13-33-9-17-43-18-10-33)7-3-1-5-15-45-29(37)23-25(31(39)40)26(32(41)42)24-30(38)46-16-6-2-4-8-28(36)48-22-14-34-11-19-44-20-12-34/h25-26H,1-24H2,(H,39,40)(H,41,42). The van der Waals surface area contributed by atoms with E-state index >= 15 is 0 Å². The fraction of sp³-hybridized carbons (Fsp3) is 0.812. The molecule has 16 nitrogen and oxygen atoms in total. The van der Waals surface area contributed by atoms with Crippen LogP contribution in [-0.2, 0) is 57.2 Å². The predicted molar refractivity (Wildman–Crippen MR) is 167 cm³/mol. The summed E-state index contributed by atoms with van der Waals surface area (Å²) in [6, 6.07) is 0. The highest BCUT2D eigenvalue weighted by molar-refractivity contribution is 5.87. The largest absolute Gasteiger partial charge is 0.481 e. The molecule has 0 saturated carbocycles. The highest BCUT2D eigenvalue weighted by atomic mass is 16.5. The monoisotopic (exact) mass is 688 g/mol. The fourth-order valence-corrected chi connectivity index (χ4v) is 5.12. The molecule has 48 heavy (non-hydrogen) atoms. The Balaban J connectivity index is 1.55. The number of carbonyl (C=O) groups is 6. The van der Waals surface area contributed by atoms with Crippen molar-refractivity contribution in [2.24, 2.45) is 11.8 Å². The van der Waals surface area contributed by atoms with Gasteiger partial charge in [-0.1, -0.05) is 0 Å². The lowest BCUT2D eigenvalue weighted by Crippen LogP contribution is -2.38. The van der Waals surface area contributed by atoms with Crippen LogP contribution in [0.1, 0.15) is 64.2 Å². The summed E-state index contributed by atoms with van der Waals surface area (Å²) in [5.41, 5.74) is 0. The molecular formula is C32H52N2O14. The number of carbonyl (C=O) groups excluding carboxylic acids is 4. The van der Waals surface area contributed by atoms with Gasteiger partial charge < -0.3 is 38.6 Å². The zero-order valence-electron chi connectivity index (χ0n) is 27.8. The summed E-state index contributed by atoms with van der Waals surface area (Å²) in [6.07, 6.45) is 2.03. The molecule has 2 N–H and O–H groups in total. The molecule has 0 aromatic rings. The average Bonchev–Trinajstić information content (AvgIpc) is 3.06. The molecule has 2 rings (SSSR count). The van der Waals surface area contributed by atoms with Crippen LogP contribution in [0.5, 0.6) is 0 Å². The molecule has 2 aliphatic heterocycles. The van der Waals surface area contributed by atoms with Gasteiger partial charge in [-0.15, -0.1) is 0 Å². The molecule has 0 amide bonds. The molecule has 2 fully saturated rings. The van der Waals surface area contributed by atoms with Gasteiger partial charge >= 0.3 is 35.8 Å². The summed E-state index contributed by atoms with van der Waals surface area (Å²) in [5, 5.41) is 19.2. The molecule has 2 saturated heterocycles. The van der Waals surface area contributed by atoms with Crippen LogP contribution in [0, 0.1) is 11.8 Å². The van der Waals surface area contributed by atoms with E-state index in [1.54, 1.807) is 0 Å². The first-order valence-corrected chi connectivity index (χ1v) is 16.8. The van der Waals surface area contributed by atoms with Crippen LogP contribution < -0.4 is 0 Å². The molecule has 0 spiro atoms. The van der Waals surface area contributed by atoms with E-state index in [-0.39, 0.29) is 38.0 Å². The van der Waals surface area contributed by atoms with Gasteiger partial charge in [0.1, 0.15) is 13.2 Å². The van der Waals surface area contributed by atoms with Crippen LogP contribution in [-0.4, -0.2) is 148 Å². The van der Waals surface area contributed by atoms with Crippen molar-refractivity contribution in [2.75, 3.05) is 92.1 Å². The van der Waals surface area contributed by atoms with Gasteiger partial charge in [0.2, 0.25) is 0 Å². The van der Waals surface area contributed by atoms with Crippen molar-refractivity contribution >= 4 is 35.8 Å². The van der Waals surface area contributed by atoms with Gasteiger partial charge in [0, 0.05) is 52.1 Å². The Morgan fingerprint density at radius 2 is 0.854 bits per heavy atom. The van der Waals surface area contributed by atoms with Crippen LogP contribution in [0.4, 0.5) is 0 Å². The molecule has 16 heteroatoms. The normalized spacial score (nSPS) is 16.8. The van der Waals surface area contributed by atoms with E-state index in [1.807, 2.05) is 0 Å². The molecule has 274 valence electrons. The van der Waals surface area contributed by atoms with Crippen molar-refractivity contribution in [1.82, 2.24) is 9.80 Å². The molecule has 0 aromatic heterocycles. The number of unbranched alkanes of at least 4 members (excludes halogenated alkanes) is 4. The minimum Gasteiger partial charge on any atom is -0.481 e. The molecule has 2 aliphatic rings. The van der Waals surface area contributed by atoms with E-state index in [0.717, 1.165) is 26.2 Å². The summed E-state index contributed by atoms with van der Waals surface area (Å²) in [6.45, 7) is 7.83. The quantitative estimate of drug-likeness (QED) is 0.0783. The van der Waals surface area contributed by atoms with E-state index in [2.05, 4.69) is 9.80 Å². The van der Waals surface area contributed by atoms with Gasteiger partial charge in [-0.05, 0) is 38.5 Å². The molecule has 2 heterocycles. The first kappa shape index (κ1) is 40.8. The Labute approximate surface area is 281 Å². The van der Waals surface area contributed by atoms with Crippen molar-refractivity contribution in [3.05, 3.63) is 0 Å². The van der Waals surface area contributed by atoms with E-state index in [4.69, 9.17) is 28.4 Å². The van der Waals surface area contributed by atoms with Crippen molar-refractivity contribution in [2.45, 2.75) is 64.2 Å². The smallest absolute Gasteiger partial charge is 0.307 e. The maximum atomic E-state index is 12.3. The number of aliphatic carboxylic acids is 2. The Bertz CT molecular complexity index is 919. The lowest BCUT2D eigenvalue weighted by molar-refractivity contribution is -0.162. The zero-order chi connectivity index (χ0) is 35.0. The first-order chi connectivity index (χ1) is 23.2. The van der Waals surface area contributed by atoms with Gasteiger partial charge in [0.15, 0.2) is 0 Å². The number of esters is 4. The van der Waals surface area contributed by atoms with Gasteiger partial charge in [-0.25, -0.2) is 0 Å². The SMILES string of the molecule is O=C(CCCCCOC(=O)CC(C(=O)O)C(CC(=O)OCCCCCC(=O)OCCN1CCOCC1)C(=O)O)OCCN1CCOCC1. The van der Waals surface area contributed by atoms with E-state index in [1.165, 1.54) is 0 Å². The van der Waals surface area contributed by atoms with Crippen LogP contribution in [0.3, 0.4) is 0 Å². The molecular weight excluding hydrogens is 636 g/mol. The molecule has 0 radical (unpaired) electrons. The summed E-state index contributed by atoms with van der Waals surface area (Å²) in [5.74, 6) is -8.89. The summed E-state index contributed by atoms with van der Waals surface area (Å²) < 4.78 is 31.2. The van der Waals surface area contributed by atoms with Crippen molar-refractivity contribution in [1.29, 1.82) is 0 Å². The van der Waals surface area contributed by atoms with Crippen LogP contribution in [0.15, 0.2) is 0 Å². The van der Waals surface area contributed by atoms with E-state index in [9.17, 15) is 39.0 Å². The molecule has 0 bridgehead atoms. The zero-order valence-corrected chi connectivity index (χ0v) is 27.8. The fourth-order valence-electron chi connectivity index (χ4n) is 5.12. The van der Waals surface area contributed by atoms with Crippen LogP contribution in [0.2, 0.25) is 0 Å². The highest BCUT2D eigenvalue weighted by Crippen LogP contribution is 2.22. The molecule has 2 unspecified atom stereocenters. The lowest BCUT2D eigenvalue weighted by atomic mass is 9.87. The number of morpholine rings is 2. The summed E-state index contributed by atoms with van der Waals surface area (Å²) in [7, 11) is 0. The first-order valence-electron chi connectivity index (χ1n) is 16.8. The van der Waals surface area contributed by atoms with Crippen molar-refractivity contribution < 1.29 is 67.4 Å². The third-order valence-electron chi connectivity index (χ3n) is 8.02. The van der Waals surface area contributed by atoms with Crippen molar-refractivity contribution in [3.63, 3.8) is 0 Å². The second kappa shape index (κ2) is 24.7. The third-order valence-corrected chi connectivity index (χ3v) is 8.02.